The number of nitrogens with one attached hydrogen (secondary N) is 1. The van der Waals surface area contributed by atoms with E-state index in [0.29, 0.717) is 31.0 Å². The highest BCUT2D eigenvalue weighted by atomic mass is 16.2. The van der Waals surface area contributed by atoms with Crippen LogP contribution in [0, 0.1) is 6.92 Å². The van der Waals surface area contributed by atoms with Crippen LogP contribution in [0.3, 0.4) is 0 Å². The van der Waals surface area contributed by atoms with Crippen molar-refractivity contribution in [1.82, 2.24) is 19.9 Å². The molecule has 0 bridgehead atoms. The molecule has 0 unspecified atom stereocenters. The Labute approximate surface area is 226 Å². The average Bonchev–Trinajstić information content (AvgIpc) is 3.38. The van der Waals surface area contributed by atoms with Gasteiger partial charge in [-0.1, -0.05) is 42.5 Å². The van der Waals surface area contributed by atoms with Gasteiger partial charge in [0.05, 0.1) is 6.04 Å². The standard InChI is InChI=1S/C30H31N7O2/c1-18-19(12-15-26(31)34-18)16-33-29(38)25-14-13-20-17-32-28(30(39)37(20)25)36(3)27-21-8-4-6-10-23(21)35(2)24-11-7-5-9-22(24)27/h4-12,15,17,25,27H,13-14,16H2,1-3H3,(H2,31,34)(H,33,38)/t25-/m0/s1. The minimum Gasteiger partial charge on any atom is -0.384 e. The molecule has 39 heavy (non-hydrogen) atoms. The zero-order valence-corrected chi connectivity index (χ0v) is 22.3. The first kappa shape index (κ1) is 24.7. The first-order chi connectivity index (χ1) is 18.8. The number of rotatable bonds is 5. The van der Waals surface area contributed by atoms with E-state index in [4.69, 9.17) is 5.73 Å². The molecule has 6 rings (SSSR count). The molecule has 198 valence electrons. The number of nitrogens with zero attached hydrogens (tertiary/aromatic N) is 5. The molecular formula is C30H31N7O2. The lowest BCUT2D eigenvalue weighted by Gasteiger charge is -2.39. The van der Waals surface area contributed by atoms with Crippen LogP contribution >= 0.6 is 0 Å². The van der Waals surface area contributed by atoms with E-state index in [-0.39, 0.29) is 17.5 Å². The van der Waals surface area contributed by atoms with E-state index in [2.05, 4.69) is 51.5 Å². The summed E-state index contributed by atoms with van der Waals surface area (Å²) in [4.78, 5) is 40.3. The van der Waals surface area contributed by atoms with Crippen molar-refractivity contribution < 1.29 is 4.79 Å². The molecule has 0 fully saturated rings. The van der Waals surface area contributed by atoms with Gasteiger partial charge in [0, 0.05) is 60.7 Å². The van der Waals surface area contributed by atoms with E-state index in [0.717, 1.165) is 39.5 Å². The van der Waals surface area contributed by atoms with Crippen LogP contribution in [0.25, 0.3) is 0 Å². The van der Waals surface area contributed by atoms with Gasteiger partial charge >= 0.3 is 0 Å². The highest BCUT2D eigenvalue weighted by Gasteiger charge is 2.35. The number of benzene rings is 2. The molecule has 1 atom stereocenters. The second-order valence-corrected chi connectivity index (χ2v) is 10.2. The van der Waals surface area contributed by atoms with E-state index in [1.54, 1.807) is 16.8 Å². The number of hydrogen-bond donors (Lipinski definition) is 2. The molecule has 2 aliphatic rings. The molecule has 0 spiro atoms. The lowest BCUT2D eigenvalue weighted by molar-refractivity contribution is -0.124. The molecule has 9 heteroatoms. The lowest BCUT2D eigenvalue weighted by atomic mass is 9.90. The lowest BCUT2D eigenvalue weighted by Crippen LogP contribution is -2.40. The summed E-state index contributed by atoms with van der Waals surface area (Å²) in [7, 11) is 3.96. The van der Waals surface area contributed by atoms with Gasteiger partial charge in [-0.05, 0) is 43.5 Å². The number of amides is 1. The molecular weight excluding hydrogens is 490 g/mol. The van der Waals surface area contributed by atoms with Crippen LogP contribution in [0.15, 0.2) is 71.7 Å². The minimum absolute atomic E-state index is 0.193. The summed E-state index contributed by atoms with van der Waals surface area (Å²) in [5.41, 5.74) is 12.3. The van der Waals surface area contributed by atoms with Crippen molar-refractivity contribution in [1.29, 1.82) is 0 Å². The van der Waals surface area contributed by atoms with Crippen molar-refractivity contribution in [2.75, 3.05) is 29.6 Å². The zero-order valence-electron chi connectivity index (χ0n) is 22.3. The number of anilines is 4. The van der Waals surface area contributed by atoms with E-state index >= 15 is 0 Å². The van der Waals surface area contributed by atoms with Crippen molar-refractivity contribution in [2.24, 2.45) is 0 Å². The topological polar surface area (TPSA) is 109 Å². The third kappa shape index (κ3) is 4.10. The molecule has 0 saturated heterocycles. The highest BCUT2D eigenvalue weighted by molar-refractivity contribution is 5.81. The number of para-hydroxylation sites is 2. The van der Waals surface area contributed by atoms with Crippen LogP contribution in [-0.4, -0.2) is 34.5 Å². The second-order valence-electron chi connectivity index (χ2n) is 10.2. The Morgan fingerprint density at radius 2 is 1.74 bits per heavy atom. The maximum absolute atomic E-state index is 14.0. The quantitative estimate of drug-likeness (QED) is 0.413. The highest BCUT2D eigenvalue weighted by Crippen LogP contribution is 2.46. The SMILES string of the molecule is Cc1nc(N)ccc1CNC(=O)[C@@H]1CCc2cnc(N(C)C3c4ccccc4N(C)c4ccccc43)c(=O)n21. The van der Waals surface area contributed by atoms with Gasteiger partial charge in [0.25, 0.3) is 5.56 Å². The van der Waals surface area contributed by atoms with Gasteiger partial charge < -0.3 is 20.9 Å². The Morgan fingerprint density at radius 3 is 2.41 bits per heavy atom. The van der Waals surface area contributed by atoms with Crippen LogP contribution in [0.5, 0.6) is 0 Å². The molecule has 0 aliphatic carbocycles. The zero-order chi connectivity index (χ0) is 27.3. The van der Waals surface area contributed by atoms with Crippen LogP contribution < -0.4 is 26.4 Å². The Hall–Kier alpha value is -4.66. The fraction of sp³-hybridized carbons (Fsp3) is 0.267. The van der Waals surface area contributed by atoms with Gasteiger partial charge in [0.1, 0.15) is 11.9 Å². The number of carbonyl (C=O) groups is 1. The van der Waals surface area contributed by atoms with Crippen molar-refractivity contribution in [3.05, 3.63) is 105 Å². The monoisotopic (exact) mass is 521 g/mol. The molecule has 2 aliphatic heterocycles. The third-order valence-electron chi connectivity index (χ3n) is 7.92. The van der Waals surface area contributed by atoms with Gasteiger partial charge in [0.15, 0.2) is 5.82 Å². The molecule has 2 aromatic heterocycles. The molecule has 4 heterocycles. The number of carbonyl (C=O) groups excluding carboxylic acids is 1. The first-order valence-corrected chi connectivity index (χ1v) is 13.1. The van der Waals surface area contributed by atoms with Crippen LogP contribution in [0.2, 0.25) is 0 Å². The summed E-state index contributed by atoms with van der Waals surface area (Å²) in [6.07, 6.45) is 2.91. The van der Waals surface area contributed by atoms with E-state index in [1.165, 1.54) is 0 Å². The summed E-state index contributed by atoms with van der Waals surface area (Å²) < 4.78 is 1.62. The van der Waals surface area contributed by atoms with E-state index < -0.39 is 6.04 Å². The Balaban J connectivity index is 1.33. The van der Waals surface area contributed by atoms with Gasteiger partial charge in [0.2, 0.25) is 5.91 Å². The second kappa shape index (κ2) is 9.58. The summed E-state index contributed by atoms with van der Waals surface area (Å²) in [6, 6.07) is 19.2. The summed E-state index contributed by atoms with van der Waals surface area (Å²) in [5, 5.41) is 2.99. The van der Waals surface area contributed by atoms with Gasteiger partial charge in [-0.25, -0.2) is 9.97 Å². The van der Waals surface area contributed by atoms with E-state index in [1.807, 2.05) is 49.2 Å². The van der Waals surface area contributed by atoms with E-state index in [9.17, 15) is 9.59 Å². The fourth-order valence-electron chi connectivity index (χ4n) is 5.90. The summed E-state index contributed by atoms with van der Waals surface area (Å²) in [6.45, 7) is 2.18. The van der Waals surface area contributed by atoms with Gasteiger partial charge in [-0.2, -0.15) is 0 Å². The Morgan fingerprint density at radius 1 is 1.08 bits per heavy atom. The molecule has 1 amide bonds. The van der Waals surface area contributed by atoms with Crippen LogP contribution in [0.4, 0.5) is 23.0 Å². The van der Waals surface area contributed by atoms with Crippen molar-refractivity contribution in [3.63, 3.8) is 0 Å². The summed E-state index contributed by atoms with van der Waals surface area (Å²) >= 11 is 0. The molecule has 0 radical (unpaired) electrons. The minimum atomic E-state index is -0.596. The predicted octanol–water partition coefficient (Wildman–Crippen LogP) is 3.64. The molecule has 4 aromatic rings. The third-order valence-corrected chi connectivity index (χ3v) is 7.92. The first-order valence-electron chi connectivity index (χ1n) is 13.1. The number of aryl methyl sites for hydroxylation is 2. The molecule has 2 aromatic carbocycles. The fourth-order valence-corrected chi connectivity index (χ4v) is 5.90. The predicted molar refractivity (Wildman–Crippen MR) is 152 cm³/mol. The Bertz CT molecular complexity index is 1600. The number of hydrogen-bond acceptors (Lipinski definition) is 7. The van der Waals surface area contributed by atoms with Crippen molar-refractivity contribution in [2.45, 2.75) is 38.4 Å². The Kier molecular flexibility index (Phi) is 6.06. The molecule has 0 saturated carbocycles. The van der Waals surface area contributed by atoms with Gasteiger partial charge in [-0.3, -0.25) is 14.2 Å². The average molecular weight is 522 g/mol. The maximum atomic E-state index is 14.0. The smallest absolute Gasteiger partial charge is 0.294 e. The maximum Gasteiger partial charge on any atom is 0.294 e. The van der Waals surface area contributed by atoms with Crippen LogP contribution in [0.1, 0.15) is 46.6 Å². The number of fused-ring (bicyclic) bond motifs is 3. The molecule has 9 nitrogen and oxygen atoms in total. The van der Waals surface area contributed by atoms with Crippen LogP contribution in [-0.2, 0) is 17.8 Å². The van der Waals surface area contributed by atoms with Crippen molar-refractivity contribution >= 4 is 28.9 Å². The van der Waals surface area contributed by atoms with Crippen molar-refractivity contribution in [3.8, 4) is 0 Å². The number of aromatic nitrogens is 3. The summed E-state index contributed by atoms with van der Waals surface area (Å²) in [5.74, 6) is 0.566. The largest absolute Gasteiger partial charge is 0.384 e. The number of nitrogen functional groups attached to an aromatic ring is 1. The van der Waals surface area contributed by atoms with Gasteiger partial charge in [-0.15, -0.1) is 0 Å². The molecule has 3 N–H and O–H groups in total. The normalized spacial score (nSPS) is 15.9. The number of pyridine rings is 1. The number of nitrogens with two attached hydrogens (primary N) is 1.